The van der Waals surface area contributed by atoms with Crippen LogP contribution in [-0.4, -0.2) is 39.0 Å². The number of rotatable bonds is 5. The number of hydrogen-bond acceptors (Lipinski definition) is 6. The van der Waals surface area contributed by atoms with Crippen molar-refractivity contribution >= 4 is 11.9 Å². The second-order valence-corrected chi connectivity index (χ2v) is 6.90. The molecule has 2 aliphatic rings. The van der Waals surface area contributed by atoms with Crippen LogP contribution in [0, 0.1) is 0 Å². The van der Waals surface area contributed by atoms with Gasteiger partial charge in [-0.1, -0.05) is 24.3 Å². The van der Waals surface area contributed by atoms with E-state index in [1.807, 2.05) is 12.1 Å². The van der Waals surface area contributed by atoms with Gasteiger partial charge >= 0.3 is 0 Å². The first-order chi connectivity index (χ1) is 14.2. The largest absolute Gasteiger partial charge is 0.463 e. The summed E-state index contributed by atoms with van der Waals surface area (Å²) < 4.78 is 21.4. The van der Waals surface area contributed by atoms with Crippen molar-refractivity contribution in [3.05, 3.63) is 59.2 Å². The van der Waals surface area contributed by atoms with E-state index in [9.17, 15) is 4.79 Å². The van der Waals surface area contributed by atoms with E-state index in [0.29, 0.717) is 30.3 Å². The Balaban J connectivity index is 1.54. The smallest absolute Gasteiger partial charge is 0.292 e. The van der Waals surface area contributed by atoms with Crippen molar-refractivity contribution in [1.29, 1.82) is 0 Å². The van der Waals surface area contributed by atoms with E-state index in [0.717, 1.165) is 19.3 Å². The number of aryl methyl sites for hydroxylation is 1. The van der Waals surface area contributed by atoms with Gasteiger partial charge in [0, 0.05) is 12.7 Å². The third kappa shape index (κ3) is 4.51. The van der Waals surface area contributed by atoms with Crippen LogP contribution in [-0.2, 0) is 15.9 Å². The minimum atomic E-state index is -0.316. The lowest BCUT2D eigenvalue weighted by Crippen LogP contribution is -2.34. The van der Waals surface area contributed by atoms with Gasteiger partial charge in [0.1, 0.15) is 6.61 Å². The van der Waals surface area contributed by atoms with Crippen molar-refractivity contribution < 1.29 is 23.7 Å². The summed E-state index contributed by atoms with van der Waals surface area (Å²) in [6, 6.07) is 13.5. The average Bonchev–Trinajstić information content (AvgIpc) is 3.22. The molecule has 7 heteroatoms. The molecule has 4 rings (SSSR count). The van der Waals surface area contributed by atoms with E-state index < -0.39 is 0 Å². The Kier molecular flexibility index (Phi) is 5.95. The highest BCUT2D eigenvalue weighted by Gasteiger charge is 2.22. The number of fused-ring (bicyclic) bond motifs is 2. The van der Waals surface area contributed by atoms with Gasteiger partial charge in [0.25, 0.3) is 11.9 Å². The number of nitrogens with zero attached hydrogens (tertiary/aromatic N) is 1. The molecule has 29 heavy (non-hydrogen) atoms. The van der Waals surface area contributed by atoms with E-state index in [-0.39, 0.29) is 24.8 Å². The Morgan fingerprint density at radius 1 is 1.17 bits per heavy atom. The Labute approximate surface area is 169 Å². The molecule has 2 aromatic rings. The van der Waals surface area contributed by atoms with Crippen LogP contribution in [0.3, 0.4) is 0 Å². The van der Waals surface area contributed by atoms with Gasteiger partial charge in [0.2, 0.25) is 6.79 Å². The summed E-state index contributed by atoms with van der Waals surface area (Å²) >= 11 is 0. The van der Waals surface area contributed by atoms with Gasteiger partial charge in [0.05, 0.1) is 12.6 Å². The molecule has 0 radical (unpaired) electrons. The fraction of sp³-hybridized carbons (Fsp3) is 0.364. The van der Waals surface area contributed by atoms with Crippen molar-refractivity contribution in [2.24, 2.45) is 4.99 Å². The van der Waals surface area contributed by atoms with Crippen LogP contribution in [0.25, 0.3) is 0 Å². The molecule has 0 saturated carbocycles. The first-order valence-electron chi connectivity index (χ1n) is 9.73. The summed E-state index contributed by atoms with van der Waals surface area (Å²) in [6.45, 7) is 0.861. The minimum absolute atomic E-state index is 0.0467. The summed E-state index contributed by atoms with van der Waals surface area (Å²) in [4.78, 5) is 17.5. The van der Waals surface area contributed by atoms with Gasteiger partial charge in [-0.3, -0.25) is 10.1 Å². The second-order valence-electron chi connectivity index (χ2n) is 6.90. The molecule has 0 fully saturated rings. The summed E-state index contributed by atoms with van der Waals surface area (Å²) in [5.41, 5.74) is 2.93. The molecule has 1 heterocycles. The molecule has 1 aliphatic carbocycles. The molecule has 1 amide bonds. The monoisotopic (exact) mass is 396 g/mol. The lowest BCUT2D eigenvalue weighted by molar-refractivity contribution is 0.0953. The van der Waals surface area contributed by atoms with Gasteiger partial charge in [-0.25, -0.2) is 4.99 Å². The lowest BCUT2D eigenvalue weighted by Gasteiger charge is -2.23. The van der Waals surface area contributed by atoms with E-state index >= 15 is 0 Å². The van der Waals surface area contributed by atoms with Crippen molar-refractivity contribution in [1.82, 2.24) is 5.32 Å². The number of nitrogens with one attached hydrogen (secondary N) is 1. The summed E-state index contributed by atoms with van der Waals surface area (Å²) in [6.07, 6.45) is 3.01. The summed E-state index contributed by atoms with van der Waals surface area (Å²) in [5.74, 6) is 0.867. The third-order valence-corrected chi connectivity index (χ3v) is 4.99. The average molecular weight is 396 g/mol. The molecule has 0 unspecified atom stereocenters. The zero-order valence-electron chi connectivity index (χ0n) is 16.3. The van der Waals surface area contributed by atoms with Crippen LogP contribution in [0.15, 0.2) is 47.5 Å². The molecule has 152 valence electrons. The molecular weight excluding hydrogens is 372 g/mol. The highest BCUT2D eigenvalue weighted by atomic mass is 16.7. The number of ether oxygens (including phenoxy) is 4. The molecule has 1 atom stereocenters. The zero-order valence-corrected chi connectivity index (χ0v) is 16.3. The normalized spacial score (nSPS) is 17.6. The summed E-state index contributed by atoms with van der Waals surface area (Å²) in [5, 5.41) is 2.80. The van der Waals surface area contributed by atoms with Gasteiger partial charge in [-0.15, -0.1) is 0 Å². The molecule has 7 nitrogen and oxygen atoms in total. The predicted octanol–water partition coefficient (Wildman–Crippen LogP) is 3.24. The van der Waals surface area contributed by atoms with Gasteiger partial charge in [-0.05, 0) is 48.6 Å². The number of carbonyl (C=O) groups is 1. The van der Waals surface area contributed by atoms with E-state index in [1.54, 1.807) is 25.3 Å². The number of hydrogen-bond donors (Lipinski definition) is 1. The van der Waals surface area contributed by atoms with Crippen molar-refractivity contribution in [2.75, 3.05) is 27.1 Å². The van der Waals surface area contributed by atoms with Crippen LogP contribution in [0.1, 0.15) is 40.4 Å². The van der Waals surface area contributed by atoms with Gasteiger partial charge < -0.3 is 18.9 Å². The van der Waals surface area contributed by atoms with Gasteiger partial charge in [-0.2, -0.15) is 0 Å². The van der Waals surface area contributed by atoms with Crippen molar-refractivity contribution in [2.45, 2.75) is 25.3 Å². The Morgan fingerprint density at radius 3 is 2.93 bits per heavy atom. The maximum absolute atomic E-state index is 12.8. The third-order valence-electron chi connectivity index (χ3n) is 4.99. The minimum Gasteiger partial charge on any atom is -0.463 e. The predicted molar refractivity (Wildman–Crippen MR) is 107 cm³/mol. The van der Waals surface area contributed by atoms with Crippen LogP contribution >= 0.6 is 0 Å². The van der Waals surface area contributed by atoms with Crippen molar-refractivity contribution in [3.8, 4) is 11.5 Å². The first kappa shape index (κ1) is 19.3. The topological polar surface area (TPSA) is 78.4 Å². The molecule has 0 bridgehead atoms. The number of methoxy groups -OCH3 is 1. The SMILES string of the molecule is COCCOC(=N[C@@H]1CCCc2ccccc21)NC(=O)c1ccc2c(c1)OCO2. The Hall–Kier alpha value is -3.06. The number of amides is 1. The Bertz CT molecular complexity index is 912. The maximum atomic E-state index is 12.8. The standard InChI is InChI=1S/C22H24N2O5/c1-26-11-12-27-22(23-18-8-4-6-15-5-2-3-7-17(15)18)24-21(25)16-9-10-19-20(13-16)29-14-28-19/h2-3,5,7,9-10,13,18H,4,6,8,11-12,14H2,1H3,(H,23,24,25)/t18-/m1/s1. The van der Waals surface area contributed by atoms with Crippen molar-refractivity contribution in [3.63, 3.8) is 0 Å². The van der Waals surface area contributed by atoms with Crippen LogP contribution in [0.4, 0.5) is 0 Å². The molecule has 0 aromatic heterocycles. The molecule has 1 aliphatic heterocycles. The second kappa shape index (κ2) is 8.96. The number of aliphatic imine (C=N–C) groups is 1. The van der Waals surface area contributed by atoms with Crippen LogP contribution in [0.2, 0.25) is 0 Å². The highest BCUT2D eigenvalue weighted by molar-refractivity contribution is 6.04. The maximum Gasteiger partial charge on any atom is 0.292 e. The van der Waals surface area contributed by atoms with E-state index in [4.69, 9.17) is 23.9 Å². The van der Waals surface area contributed by atoms with Gasteiger partial charge in [0.15, 0.2) is 11.5 Å². The fourth-order valence-corrected chi connectivity index (χ4v) is 3.54. The molecule has 1 N–H and O–H groups in total. The fourth-order valence-electron chi connectivity index (χ4n) is 3.54. The molecular formula is C22H24N2O5. The molecule has 0 spiro atoms. The highest BCUT2D eigenvalue weighted by Crippen LogP contribution is 2.33. The molecule has 2 aromatic carbocycles. The number of amidine groups is 1. The zero-order chi connectivity index (χ0) is 20.1. The number of carbonyl (C=O) groups excluding carboxylic acids is 1. The lowest BCUT2D eigenvalue weighted by atomic mass is 9.88. The van der Waals surface area contributed by atoms with E-state index in [1.165, 1.54) is 11.1 Å². The van der Waals surface area contributed by atoms with Crippen LogP contribution < -0.4 is 14.8 Å². The Morgan fingerprint density at radius 2 is 2.03 bits per heavy atom. The van der Waals surface area contributed by atoms with E-state index in [2.05, 4.69) is 17.4 Å². The molecule has 0 saturated heterocycles. The number of benzene rings is 2. The summed E-state index contributed by atoms with van der Waals surface area (Å²) in [7, 11) is 1.60. The first-order valence-corrected chi connectivity index (χ1v) is 9.73. The quantitative estimate of drug-likeness (QED) is 0.477. The van der Waals surface area contributed by atoms with Crippen LogP contribution in [0.5, 0.6) is 11.5 Å².